The maximum absolute atomic E-state index is 8.52. The number of benzene rings is 2. The zero-order chi connectivity index (χ0) is 25.7. The van der Waals surface area contributed by atoms with Crippen LogP contribution in [0, 0.1) is 0 Å². The third-order valence-corrected chi connectivity index (χ3v) is 3.30. The molecule has 0 aliphatic heterocycles. The number of rotatable bonds is 4. The Morgan fingerprint density at radius 2 is 0.914 bits per heavy atom. The van der Waals surface area contributed by atoms with Crippen molar-refractivity contribution in [3.8, 4) is 11.5 Å². The number of carbonyl (C=O) groups is 1. The first-order valence-corrected chi connectivity index (χ1v) is 10.6. The molecular formula is C19H26FeNa2O11S2. The SMILES string of the molecule is C=O.CC(C)c1ccc(OO)cc1.CC(C)c1ccc(OO)cc1.O=S(=O)([O-])[O-].[Fe+2].[Na+].[Na+].[O-]S[O-]. The second-order valence-corrected chi connectivity index (χ2v) is 7.06. The summed E-state index contributed by atoms with van der Waals surface area (Å²) in [6, 6.07) is 14.7. The summed E-state index contributed by atoms with van der Waals surface area (Å²) in [6.45, 7) is 10.5. The molecule has 2 aromatic rings. The maximum Gasteiger partial charge on any atom is 2.00 e. The van der Waals surface area contributed by atoms with Crippen LogP contribution in [0.1, 0.15) is 50.7 Å². The van der Waals surface area contributed by atoms with Crippen LogP contribution in [0.15, 0.2) is 48.5 Å². The Morgan fingerprint density at radius 1 is 0.743 bits per heavy atom. The molecule has 0 bridgehead atoms. The molecule has 35 heavy (non-hydrogen) atoms. The molecule has 0 atom stereocenters. The van der Waals surface area contributed by atoms with Gasteiger partial charge in [0.15, 0.2) is 11.5 Å². The van der Waals surface area contributed by atoms with E-state index in [0.717, 1.165) is 0 Å². The third kappa shape index (κ3) is 34.3. The Morgan fingerprint density at radius 3 is 1.03 bits per heavy atom. The first-order chi connectivity index (χ1) is 14.9. The van der Waals surface area contributed by atoms with E-state index in [-0.39, 0.29) is 76.2 Å². The average molecular weight is 596 g/mol. The molecule has 0 radical (unpaired) electrons. The van der Waals surface area contributed by atoms with Gasteiger partial charge in [-0.2, -0.15) is 0 Å². The van der Waals surface area contributed by atoms with Gasteiger partial charge in [-0.1, -0.05) is 52.0 Å². The molecule has 0 unspecified atom stereocenters. The van der Waals surface area contributed by atoms with Gasteiger partial charge in [0.25, 0.3) is 0 Å². The molecule has 0 spiro atoms. The van der Waals surface area contributed by atoms with Crippen LogP contribution in [0.5, 0.6) is 11.5 Å². The molecule has 0 aromatic heterocycles. The monoisotopic (exact) mass is 596 g/mol. The van der Waals surface area contributed by atoms with E-state index in [4.69, 9.17) is 41.9 Å². The normalized spacial score (nSPS) is 8.69. The van der Waals surface area contributed by atoms with Crippen LogP contribution in [0.25, 0.3) is 0 Å². The summed E-state index contributed by atoms with van der Waals surface area (Å²) in [6.07, 6.45) is 0. The van der Waals surface area contributed by atoms with Crippen LogP contribution in [0.4, 0.5) is 0 Å². The predicted octanol–water partition coefficient (Wildman–Crippen LogP) is -2.21. The molecule has 0 saturated heterocycles. The van der Waals surface area contributed by atoms with E-state index >= 15 is 0 Å². The molecule has 0 amide bonds. The minimum Gasteiger partial charge on any atom is -0.811 e. The molecule has 0 heterocycles. The van der Waals surface area contributed by atoms with Crippen molar-refractivity contribution in [1.29, 1.82) is 0 Å². The molecule has 16 heteroatoms. The van der Waals surface area contributed by atoms with E-state index in [1.165, 1.54) is 11.1 Å². The summed E-state index contributed by atoms with van der Waals surface area (Å²) in [5.74, 6) is 1.99. The standard InChI is InChI=1S/2C9H12O2.CH2O.Fe.2Na.H2O4S.H2O2S/c2*1-7(2)8-3-5-9(11-10)6-4-8;1-2;;;;1-5(2,3)4;1-3-2/h2*3-7,10H,1-2H3;1H2;;;;(H2,1,2,3,4);1-2H/q;;;+2;2*+1;;/p-4. The molecule has 0 aliphatic rings. The van der Waals surface area contributed by atoms with Crippen molar-refractivity contribution in [2.75, 3.05) is 0 Å². The summed E-state index contributed by atoms with van der Waals surface area (Å²) in [4.78, 5) is 16.1. The summed E-state index contributed by atoms with van der Waals surface area (Å²) in [5, 5.41) is 16.5. The zero-order valence-electron chi connectivity index (χ0n) is 20.2. The molecule has 0 aliphatic carbocycles. The van der Waals surface area contributed by atoms with Crippen molar-refractivity contribution in [3.05, 3.63) is 59.7 Å². The van der Waals surface area contributed by atoms with Gasteiger partial charge in [-0.3, -0.25) is 8.42 Å². The summed E-state index contributed by atoms with van der Waals surface area (Å²) in [5.41, 5.74) is 2.48. The molecule has 190 valence electrons. The Labute approximate surface area is 265 Å². The van der Waals surface area contributed by atoms with E-state index in [1.807, 2.05) is 31.1 Å². The fourth-order valence-corrected chi connectivity index (χ4v) is 1.83. The first kappa shape index (κ1) is 48.4. The van der Waals surface area contributed by atoms with E-state index in [0.29, 0.717) is 23.3 Å². The topological polar surface area (TPSA) is 202 Å². The zero-order valence-corrected chi connectivity index (χ0v) is 27.0. The molecule has 2 N–H and O–H groups in total. The number of hydrogen-bond acceptors (Lipinski definition) is 12. The van der Waals surface area contributed by atoms with Crippen LogP contribution in [-0.2, 0) is 32.3 Å². The van der Waals surface area contributed by atoms with E-state index in [2.05, 4.69) is 37.5 Å². The van der Waals surface area contributed by atoms with Gasteiger partial charge >= 0.3 is 76.2 Å². The van der Waals surface area contributed by atoms with Crippen LogP contribution >= 0.6 is 12.3 Å². The molecule has 0 fully saturated rings. The maximum atomic E-state index is 8.52. The van der Waals surface area contributed by atoms with Gasteiger partial charge in [-0.05, 0) is 47.2 Å². The number of carbonyl (C=O) groups excluding carboxylic acids is 1. The quantitative estimate of drug-likeness (QED) is 0.0964. The Balaban J connectivity index is -0.0000000829. The van der Waals surface area contributed by atoms with E-state index < -0.39 is 22.7 Å². The van der Waals surface area contributed by atoms with Gasteiger partial charge in [0.1, 0.15) is 6.79 Å². The Hall–Kier alpha value is 0.289. The van der Waals surface area contributed by atoms with Crippen LogP contribution in [0.3, 0.4) is 0 Å². The van der Waals surface area contributed by atoms with Gasteiger partial charge in [0, 0.05) is 10.4 Å². The fourth-order valence-electron chi connectivity index (χ4n) is 1.83. The smallest absolute Gasteiger partial charge is 0.811 e. The van der Waals surface area contributed by atoms with E-state index in [1.54, 1.807) is 24.3 Å². The van der Waals surface area contributed by atoms with Crippen molar-refractivity contribution in [2.24, 2.45) is 0 Å². The minimum atomic E-state index is -5.17. The van der Waals surface area contributed by atoms with Gasteiger partial charge in [0.2, 0.25) is 0 Å². The van der Waals surface area contributed by atoms with Gasteiger partial charge in [-0.15, -0.1) is 0 Å². The predicted molar refractivity (Wildman–Crippen MR) is 114 cm³/mol. The summed E-state index contributed by atoms with van der Waals surface area (Å²) >= 11 is -0.750. The van der Waals surface area contributed by atoms with Crippen LogP contribution in [-0.4, -0.2) is 43.9 Å². The fraction of sp³-hybridized carbons (Fsp3) is 0.316. The van der Waals surface area contributed by atoms with Gasteiger partial charge in [-0.25, -0.2) is 10.5 Å². The number of hydrogen-bond donors (Lipinski definition) is 2. The first-order valence-electron chi connectivity index (χ1n) is 8.59. The van der Waals surface area contributed by atoms with E-state index in [9.17, 15) is 0 Å². The van der Waals surface area contributed by atoms with Crippen molar-refractivity contribution in [3.63, 3.8) is 0 Å². The third-order valence-electron chi connectivity index (χ3n) is 3.30. The van der Waals surface area contributed by atoms with Crippen molar-refractivity contribution >= 4 is 29.5 Å². The molecule has 11 nitrogen and oxygen atoms in total. The van der Waals surface area contributed by atoms with Gasteiger partial charge < -0.3 is 45.1 Å². The Kier molecular flexibility index (Phi) is 42.2. The second-order valence-electron chi connectivity index (χ2n) is 6.11. The van der Waals surface area contributed by atoms with Crippen molar-refractivity contribution in [1.82, 2.24) is 0 Å². The molecule has 2 aromatic carbocycles. The van der Waals surface area contributed by atoms with Crippen molar-refractivity contribution in [2.45, 2.75) is 39.5 Å². The largest absolute Gasteiger partial charge is 2.00 e. The van der Waals surface area contributed by atoms with Crippen LogP contribution in [0.2, 0.25) is 0 Å². The Bertz CT molecular complexity index is 736. The molecular weight excluding hydrogens is 570 g/mol. The summed E-state index contributed by atoms with van der Waals surface area (Å²) in [7, 11) is -5.17. The second kappa shape index (κ2) is 30.5. The minimum absolute atomic E-state index is 0. The molecule has 2 rings (SSSR count). The summed E-state index contributed by atoms with van der Waals surface area (Å²) < 4.78 is 50.7. The van der Waals surface area contributed by atoms with Crippen LogP contribution < -0.4 is 68.9 Å². The van der Waals surface area contributed by atoms with Crippen molar-refractivity contribution < 1.29 is 128 Å². The average Bonchev–Trinajstić information content (AvgIpc) is 2.75. The molecule has 0 saturated carbocycles. The van der Waals surface area contributed by atoms with Gasteiger partial charge in [0.05, 0.1) is 0 Å².